The molecule has 0 saturated heterocycles. The lowest BCUT2D eigenvalue weighted by Crippen LogP contribution is -2.17. The molecule has 18 heavy (non-hydrogen) atoms. The molecule has 0 radical (unpaired) electrons. The topological polar surface area (TPSA) is 34.0 Å². The third-order valence-electron chi connectivity index (χ3n) is 3.72. The van der Waals surface area contributed by atoms with Crippen LogP contribution in [0.25, 0.3) is 10.9 Å². The molecule has 0 unspecified atom stereocenters. The number of pyridine rings is 1. The van der Waals surface area contributed by atoms with Gasteiger partial charge in [0.2, 0.25) is 0 Å². The summed E-state index contributed by atoms with van der Waals surface area (Å²) in [6, 6.07) is 9.74. The van der Waals surface area contributed by atoms with Crippen LogP contribution in [0.5, 0.6) is 0 Å². The summed E-state index contributed by atoms with van der Waals surface area (Å²) in [6.07, 6.45) is 3.96. The van der Waals surface area contributed by atoms with Gasteiger partial charge in [-0.25, -0.2) is 0 Å². The van der Waals surface area contributed by atoms with E-state index >= 15 is 0 Å². The summed E-state index contributed by atoms with van der Waals surface area (Å²) >= 11 is 0. The lowest BCUT2D eigenvalue weighted by molar-refractivity contribution is 0.760. The molecule has 3 heteroatoms. The van der Waals surface area contributed by atoms with E-state index in [0.717, 1.165) is 29.1 Å². The fourth-order valence-corrected chi connectivity index (χ4v) is 2.37. The van der Waals surface area contributed by atoms with Crippen LogP contribution in [-0.2, 0) is 7.05 Å². The molecule has 0 spiro atoms. The number of aromatic nitrogens is 1. The van der Waals surface area contributed by atoms with E-state index in [0.29, 0.717) is 0 Å². The van der Waals surface area contributed by atoms with Crippen LogP contribution in [0.3, 0.4) is 0 Å². The first kappa shape index (κ1) is 11.3. The van der Waals surface area contributed by atoms with Gasteiger partial charge in [0.05, 0.1) is 5.52 Å². The zero-order chi connectivity index (χ0) is 12.5. The predicted octanol–water partition coefficient (Wildman–Crippen LogP) is 2.75. The Kier molecular flexibility index (Phi) is 2.82. The van der Waals surface area contributed by atoms with Gasteiger partial charge >= 0.3 is 0 Å². The summed E-state index contributed by atoms with van der Waals surface area (Å²) < 4.78 is 1.70. The molecule has 1 aromatic carbocycles. The molecule has 0 aliphatic heterocycles. The normalized spacial score (nSPS) is 14.9. The number of benzene rings is 1. The van der Waals surface area contributed by atoms with Gasteiger partial charge in [0.1, 0.15) is 0 Å². The molecule has 1 N–H and O–H groups in total. The third kappa shape index (κ3) is 2.13. The fraction of sp³-hybridized carbons (Fsp3) is 0.400. The highest BCUT2D eigenvalue weighted by molar-refractivity contribution is 5.91. The van der Waals surface area contributed by atoms with Crippen molar-refractivity contribution in [3.63, 3.8) is 0 Å². The van der Waals surface area contributed by atoms with Crippen molar-refractivity contribution >= 4 is 16.6 Å². The van der Waals surface area contributed by atoms with Crippen LogP contribution in [0.4, 0.5) is 5.69 Å². The van der Waals surface area contributed by atoms with Crippen molar-refractivity contribution < 1.29 is 0 Å². The second kappa shape index (κ2) is 4.48. The number of hydrogen-bond donors (Lipinski definition) is 1. The molecule has 1 fully saturated rings. The number of anilines is 1. The first-order valence-electron chi connectivity index (χ1n) is 6.58. The Morgan fingerprint density at radius 1 is 1.33 bits per heavy atom. The molecule has 0 atom stereocenters. The van der Waals surface area contributed by atoms with Crippen molar-refractivity contribution in [3.8, 4) is 0 Å². The highest BCUT2D eigenvalue weighted by Crippen LogP contribution is 2.32. The van der Waals surface area contributed by atoms with E-state index in [4.69, 9.17) is 0 Å². The van der Waals surface area contributed by atoms with Crippen LogP contribution in [0.15, 0.2) is 35.1 Å². The van der Waals surface area contributed by atoms with E-state index in [-0.39, 0.29) is 5.56 Å². The predicted molar refractivity (Wildman–Crippen MR) is 75.0 cm³/mol. The average molecular weight is 242 g/mol. The van der Waals surface area contributed by atoms with Crippen LogP contribution < -0.4 is 10.9 Å². The third-order valence-corrected chi connectivity index (χ3v) is 3.72. The second-order valence-electron chi connectivity index (χ2n) is 5.13. The standard InChI is InChI=1S/C15H18N2O/c1-17-14-5-3-2-4-12(14)13(10-15(17)18)16-9-8-11-6-7-11/h2-5,10-11,16H,6-9H2,1H3. The molecule has 1 aromatic heterocycles. The SMILES string of the molecule is Cn1c(=O)cc(NCCC2CC2)c2ccccc21. The van der Waals surface area contributed by atoms with Crippen LogP contribution in [0.1, 0.15) is 19.3 Å². The lowest BCUT2D eigenvalue weighted by Gasteiger charge is -2.11. The minimum atomic E-state index is 0.0441. The maximum absolute atomic E-state index is 11.9. The molecule has 0 amide bonds. The molecular formula is C15H18N2O. The fourth-order valence-electron chi connectivity index (χ4n) is 2.37. The molecule has 1 saturated carbocycles. The lowest BCUT2D eigenvalue weighted by atomic mass is 10.1. The van der Waals surface area contributed by atoms with E-state index < -0.39 is 0 Å². The zero-order valence-corrected chi connectivity index (χ0v) is 10.6. The number of aryl methyl sites for hydroxylation is 1. The minimum absolute atomic E-state index is 0.0441. The zero-order valence-electron chi connectivity index (χ0n) is 10.6. The summed E-state index contributed by atoms with van der Waals surface area (Å²) in [7, 11) is 1.82. The summed E-state index contributed by atoms with van der Waals surface area (Å²) in [5, 5.41) is 4.53. The van der Waals surface area contributed by atoms with Gasteiger partial charge < -0.3 is 9.88 Å². The van der Waals surface area contributed by atoms with E-state index in [1.54, 1.807) is 10.6 Å². The van der Waals surface area contributed by atoms with Crippen molar-refractivity contribution in [2.24, 2.45) is 13.0 Å². The highest BCUT2D eigenvalue weighted by atomic mass is 16.1. The number of nitrogens with one attached hydrogen (secondary N) is 1. The average Bonchev–Trinajstić information content (AvgIpc) is 3.19. The molecule has 2 aromatic rings. The maximum atomic E-state index is 11.9. The Hall–Kier alpha value is -1.77. The van der Waals surface area contributed by atoms with Gasteiger partial charge in [-0.1, -0.05) is 31.0 Å². The van der Waals surface area contributed by atoms with Crippen molar-refractivity contribution in [2.45, 2.75) is 19.3 Å². The van der Waals surface area contributed by atoms with Crippen LogP contribution in [-0.4, -0.2) is 11.1 Å². The Balaban J connectivity index is 1.94. The van der Waals surface area contributed by atoms with E-state index in [9.17, 15) is 4.79 Å². The van der Waals surface area contributed by atoms with Crippen LogP contribution in [0, 0.1) is 5.92 Å². The van der Waals surface area contributed by atoms with E-state index in [2.05, 4.69) is 11.4 Å². The summed E-state index contributed by atoms with van der Waals surface area (Å²) in [5.41, 5.74) is 2.00. The van der Waals surface area contributed by atoms with Gasteiger partial charge in [0.15, 0.2) is 0 Å². The summed E-state index contributed by atoms with van der Waals surface area (Å²) in [4.78, 5) is 11.9. The quantitative estimate of drug-likeness (QED) is 0.894. The number of para-hydroxylation sites is 1. The number of rotatable bonds is 4. The summed E-state index contributed by atoms with van der Waals surface area (Å²) in [5.74, 6) is 0.912. The first-order chi connectivity index (χ1) is 8.75. The number of fused-ring (bicyclic) bond motifs is 1. The van der Waals surface area contributed by atoms with Gasteiger partial charge in [-0.3, -0.25) is 4.79 Å². The Morgan fingerprint density at radius 2 is 2.11 bits per heavy atom. The van der Waals surface area contributed by atoms with Gasteiger partial charge in [-0.05, 0) is 18.4 Å². The monoisotopic (exact) mass is 242 g/mol. The minimum Gasteiger partial charge on any atom is -0.384 e. The largest absolute Gasteiger partial charge is 0.384 e. The molecule has 0 bridgehead atoms. The molecule has 94 valence electrons. The Bertz CT molecular complexity index is 626. The van der Waals surface area contributed by atoms with Gasteiger partial charge in [0, 0.05) is 30.7 Å². The van der Waals surface area contributed by atoms with Crippen LogP contribution in [0.2, 0.25) is 0 Å². The number of hydrogen-bond acceptors (Lipinski definition) is 2. The Morgan fingerprint density at radius 3 is 2.89 bits per heavy atom. The van der Waals surface area contributed by atoms with Gasteiger partial charge in [-0.15, -0.1) is 0 Å². The highest BCUT2D eigenvalue weighted by Gasteiger charge is 2.20. The molecular weight excluding hydrogens is 224 g/mol. The molecule has 3 rings (SSSR count). The van der Waals surface area contributed by atoms with Gasteiger partial charge in [-0.2, -0.15) is 0 Å². The van der Waals surface area contributed by atoms with Gasteiger partial charge in [0.25, 0.3) is 5.56 Å². The molecule has 3 nitrogen and oxygen atoms in total. The number of nitrogens with zero attached hydrogens (tertiary/aromatic N) is 1. The van der Waals surface area contributed by atoms with Crippen molar-refractivity contribution in [2.75, 3.05) is 11.9 Å². The van der Waals surface area contributed by atoms with Crippen molar-refractivity contribution in [1.29, 1.82) is 0 Å². The molecule has 1 aliphatic carbocycles. The smallest absolute Gasteiger partial charge is 0.252 e. The molecule has 1 heterocycles. The van der Waals surface area contributed by atoms with Crippen LogP contribution >= 0.6 is 0 Å². The maximum Gasteiger partial charge on any atom is 0.252 e. The second-order valence-corrected chi connectivity index (χ2v) is 5.13. The first-order valence-corrected chi connectivity index (χ1v) is 6.58. The summed E-state index contributed by atoms with van der Waals surface area (Å²) in [6.45, 7) is 0.960. The van der Waals surface area contributed by atoms with E-state index in [1.807, 2.05) is 25.2 Å². The Labute approximate surface area is 106 Å². The molecule has 1 aliphatic rings. The van der Waals surface area contributed by atoms with Crippen molar-refractivity contribution in [3.05, 3.63) is 40.7 Å². The van der Waals surface area contributed by atoms with Crippen molar-refractivity contribution in [1.82, 2.24) is 4.57 Å². The van der Waals surface area contributed by atoms with E-state index in [1.165, 1.54) is 19.3 Å².